The molecule has 0 atom stereocenters. The summed E-state index contributed by atoms with van der Waals surface area (Å²) in [5, 5.41) is 2.11. The Kier molecular flexibility index (Phi) is 7.34. The average molecular weight is 337 g/mol. The van der Waals surface area contributed by atoms with Gasteiger partial charge >= 0.3 is 0 Å². The summed E-state index contributed by atoms with van der Waals surface area (Å²) in [7, 11) is 1.67. The second-order valence-corrected chi connectivity index (χ2v) is 5.80. The number of methoxy groups -OCH3 is 1. The van der Waals surface area contributed by atoms with Crippen molar-refractivity contribution in [2.24, 2.45) is 0 Å². The predicted octanol–water partition coefficient (Wildman–Crippen LogP) is 5.43. The number of rotatable bonds is 10. The Morgan fingerprint density at radius 2 is 1.78 bits per heavy atom. The highest BCUT2D eigenvalue weighted by Gasteiger charge is 2.10. The van der Waals surface area contributed by atoms with Crippen molar-refractivity contribution < 1.29 is 14.2 Å². The Labute approximate surface area is 143 Å². The first kappa shape index (κ1) is 17.7. The Hall–Kier alpha value is -1.61. The van der Waals surface area contributed by atoms with E-state index in [0.29, 0.717) is 12.5 Å². The summed E-state index contributed by atoms with van der Waals surface area (Å²) in [5.74, 6) is 3.00. The maximum atomic E-state index is 5.81. The summed E-state index contributed by atoms with van der Waals surface area (Å²) in [5.41, 5.74) is 0. The highest BCUT2D eigenvalue weighted by Crippen LogP contribution is 2.37. The highest BCUT2D eigenvalue weighted by molar-refractivity contribution is 6.17. The zero-order chi connectivity index (χ0) is 16.5. The van der Waals surface area contributed by atoms with Crippen LogP contribution in [0.1, 0.15) is 32.6 Å². The lowest BCUT2D eigenvalue weighted by Gasteiger charge is -2.14. The van der Waals surface area contributed by atoms with Crippen molar-refractivity contribution in [3.63, 3.8) is 0 Å². The minimum atomic E-state index is 0.587. The van der Waals surface area contributed by atoms with Crippen LogP contribution in [0.25, 0.3) is 10.8 Å². The lowest BCUT2D eigenvalue weighted by molar-refractivity contribution is 0.296. The van der Waals surface area contributed by atoms with E-state index in [-0.39, 0.29) is 0 Å². The molecule has 0 amide bonds. The predicted molar refractivity (Wildman–Crippen MR) is 96.4 cm³/mol. The zero-order valence-corrected chi connectivity index (χ0v) is 14.7. The van der Waals surface area contributed by atoms with Crippen LogP contribution in [0, 0.1) is 0 Å². The highest BCUT2D eigenvalue weighted by atomic mass is 35.5. The molecule has 0 N–H and O–H groups in total. The van der Waals surface area contributed by atoms with Gasteiger partial charge in [0.1, 0.15) is 5.75 Å². The molecule has 0 aliphatic carbocycles. The molecule has 0 aromatic heterocycles. The Morgan fingerprint density at radius 3 is 2.52 bits per heavy atom. The molecule has 2 aromatic rings. The Morgan fingerprint density at radius 1 is 0.957 bits per heavy atom. The third-order valence-electron chi connectivity index (χ3n) is 3.66. The van der Waals surface area contributed by atoms with Gasteiger partial charge in [0.2, 0.25) is 0 Å². The van der Waals surface area contributed by atoms with Gasteiger partial charge in [-0.3, -0.25) is 0 Å². The van der Waals surface area contributed by atoms with Crippen molar-refractivity contribution >= 4 is 22.4 Å². The molecule has 0 heterocycles. The number of unbranched alkanes of at least 4 members (excludes halogenated alkanes) is 2. The van der Waals surface area contributed by atoms with Gasteiger partial charge in [-0.25, -0.2) is 0 Å². The number of ether oxygens (including phenoxy) is 3. The number of alkyl halides is 1. The van der Waals surface area contributed by atoms with Crippen LogP contribution in [0.2, 0.25) is 0 Å². The Balaban J connectivity index is 2.15. The van der Waals surface area contributed by atoms with Crippen LogP contribution in [-0.2, 0) is 0 Å². The van der Waals surface area contributed by atoms with E-state index < -0.39 is 0 Å². The quantitative estimate of drug-likeness (QED) is 0.428. The van der Waals surface area contributed by atoms with Gasteiger partial charge in [-0.15, -0.1) is 11.6 Å². The summed E-state index contributed by atoms with van der Waals surface area (Å²) in [6.07, 6.45) is 4.30. The topological polar surface area (TPSA) is 27.7 Å². The molecule has 0 aliphatic rings. The number of hydrogen-bond acceptors (Lipinski definition) is 3. The smallest absolute Gasteiger partial charge is 0.168 e. The van der Waals surface area contributed by atoms with Crippen molar-refractivity contribution in [2.45, 2.75) is 32.6 Å². The van der Waals surface area contributed by atoms with Crippen LogP contribution < -0.4 is 14.2 Å². The summed E-state index contributed by atoms with van der Waals surface area (Å²) >= 11 is 5.69. The lowest BCUT2D eigenvalue weighted by atomic mass is 10.1. The van der Waals surface area contributed by atoms with Crippen LogP contribution in [0.15, 0.2) is 30.3 Å². The molecule has 2 aromatic carbocycles. The molecule has 3 nitrogen and oxygen atoms in total. The van der Waals surface area contributed by atoms with E-state index in [1.165, 1.54) is 12.8 Å². The molecule has 2 rings (SSSR count). The summed E-state index contributed by atoms with van der Waals surface area (Å²) in [6, 6.07) is 10.0. The van der Waals surface area contributed by atoms with E-state index in [1.54, 1.807) is 7.11 Å². The van der Waals surface area contributed by atoms with E-state index in [0.717, 1.165) is 47.5 Å². The molecule has 0 unspecified atom stereocenters. The molecule has 126 valence electrons. The van der Waals surface area contributed by atoms with Gasteiger partial charge in [0, 0.05) is 11.3 Å². The molecule has 4 heteroatoms. The lowest BCUT2D eigenvalue weighted by Crippen LogP contribution is -2.00. The van der Waals surface area contributed by atoms with Crippen LogP contribution in [0.4, 0.5) is 0 Å². The second-order valence-electron chi connectivity index (χ2n) is 5.43. The van der Waals surface area contributed by atoms with Crippen molar-refractivity contribution in [2.75, 3.05) is 26.2 Å². The molecule has 0 saturated carbocycles. The number of hydrogen-bond donors (Lipinski definition) is 0. The summed E-state index contributed by atoms with van der Waals surface area (Å²) in [6.45, 7) is 3.54. The standard InChI is InChI=1S/C19H25ClO3/c1-3-4-5-12-22-16-8-9-17-15(14-16)7-10-18(19(17)21-2)23-13-6-11-20/h7-10,14H,3-6,11-13H2,1-2H3. The van der Waals surface area contributed by atoms with E-state index in [9.17, 15) is 0 Å². The van der Waals surface area contributed by atoms with Gasteiger partial charge in [0.05, 0.1) is 20.3 Å². The number of fused-ring (bicyclic) bond motifs is 1. The van der Waals surface area contributed by atoms with Crippen LogP contribution >= 0.6 is 11.6 Å². The fourth-order valence-electron chi connectivity index (χ4n) is 2.45. The van der Waals surface area contributed by atoms with Gasteiger partial charge in [-0.05, 0) is 42.5 Å². The van der Waals surface area contributed by atoms with E-state index in [1.807, 2.05) is 30.3 Å². The SMILES string of the molecule is CCCCCOc1ccc2c(OC)c(OCCCCl)ccc2c1. The fourth-order valence-corrected chi connectivity index (χ4v) is 2.56. The first-order valence-electron chi connectivity index (χ1n) is 8.22. The first-order valence-corrected chi connectivity index (χ1v) is 8.76. The molecule has 23 heavy (non-hydrogen) atoms. The van der Waals surface area contributed by atoms with E-state index in [2.05, 4.69) is 6.92 Å². The largest absolute Gasteiger partial charge is 0.494 e. The van der Waals surface area contributed by atoms with Gasteiger partial charge in [0.15, 0.2) is 11.5 Å². The van der Waals surface area contributed by atoms with Gasteiger partial charge < -0.3 is 14.2 Å². The number of benzene rings is 2. The third-order valence-corrected chi connectivity index (χ3v) is 3.93. The van der Waals surface area contributed by atoms with Gasteiger partial charge in [-0.2, -0.15) is 0 Å². The molecular formula is C19H25ClO3. The maximum absolute atomic E-state index is 5.81. The summed E-state index contributed by atoms with van der Waals surface area (Å²) in [4.78, 5) is 0. The monoisotopic (exact) mass is 336 g/mol. The first-order chi connectivity index (χ1) is 11.3. The van der Waals surface area contributed by atoms with Crippen LogP contribution in [-0.4, -0.2) is 26.2 Å². The van der Waals surface area contributed by atoms with Crippen LogP contribution in [0.5, 0.6) is 17.2 Å². The van der Waals surface area contributed by atoms with Crippen molar-refractivity contribution in [1.29, 1.82) is 0 Å². The molecule has 0 spiro atoms. The molecule has 0 fully saturated rings. The van der Waals surface area contributed by atoms with Crippen molar-refractivity contribution in [3.8, 4) is 17.2 Å². The molecule has 0 bridgehead atoms. The summed E-state index contributed by atoms with van der Waals surface area (Å²) < 4.78 is 17.1. The fraction of sp³-hybridized carbons (Fsp3) is 0.474. The Bertz CT molecular complexity index is 613. The van der Waals surface area contributed by atoms with Crippen LogP contribution in [0.3, 0.4) is 0 Å². The second kappa shape index (κ2) is 9.51. The maximum Gasteiger partial charge on any atom is 0.168 e. The average Bonchev–Trinajstić information content (AvgIpc) is 2.58. The van der Waals surface area contributed by atoms with Crippen molar-refractivity contribution in [3.05, 3.63) is 30.3 Å². The molecule has 0 radical (unpaired) electrons. The van der Waals surface area contributed by atoms with E-state index >= 15 is 0 Å². The number of halogens is 1. The molecule has 0 aliphatic heterocycles. The third kappa shape index (κ3) is 4.93. The molecule has 0 saturated heterocycles. The molecular weight excluding hydrogens is 312 g/mol. The zero-order valence-electron chi connectivity index (χ0n) is 13.9. The minimum Gasteiger partial charge on any atom is -0.494 e. The van der Waals surface area contributed by atoms with E-state index in [4.69, 9.17) is 25.8 Å². The normalized spacial score (nSPS) is 10.7. The van der Waals surface area contributed by atoms with Gasteiger partial charge in [-0.1, -0.05) is 25.8 Å². The van der Waals surface area contributed by atoms with Crippen molar-refractivity contribution in [1.82, 2.24) is 0 Å². The minimum absolute atomic E-state index is 0.587. The van der Waals surface area contributed by atoms with Gasteiger partial charge in [0.25, 0.3) is 0 Å².